The van der Waals surface area contributed by atoms with E-state index in [9.17, 15) is 4.79 Å². The summed E-state index contributed by atoms with van der Waals surface area (Å²) in [5.74, 6) is 0.388. The lowest BCUT2D eigenvalue weighted by molar-refractivity contribution is -0.111. The average Bonchev–Trinajstić information content (AvgIpc) is 2.39. The van der Waals surface area contributed by atoms with Crippen molar-refractivity contribution in [3.05, 3.63) is 41.1 Å². The molecule has 2 rings (SSSR count). The van der Waals surface area contributed by atoms with Crippen LogP contribution in [0.4, 0.5) is 11.4 Å². The molecule has 0 bridgehead atoms. The molecule has 0 saturated carbocycles. The van der Waals surface area contributed by atoms with Gasteiger partial charge in [0, 0.05) is 11.8 Å². The normalized spacial score (nSPS) is 16.9. The summed E-state index contributed by atoms with van der Waals surface area (Å²) in [6.45, 7) is 3.71. The zero-order valence-corrected chi connectivity index (χ0v) is 11.7. The fraction of sp³-hybridized carbons (Fsp3) is 0.200. The van der Waals surface area contributed by atoms with Crippen molar-refractivity contribution in [2.75, 3.05) is 12.8 Å². The third-order valence-corrected chi connectivity index (χ3v) is 3.14. The number of ether oxygens (including phenoxy) is 1. The molecule has 0 saturated heterocycles. The number of hydrogen-bond donors (Lipinski definition) is 2. The molecule has 0 fully saturated rings. The van der Waals surface area contributed by atoms with Gasteiger partial charge in [-0.05, 0) is 43.2 Å². The number of hydrogen-bond acceptors (Lipinski definition) is 5. The van der Waals surface area contributed by atoms with Gasteiger partial charge < -0.3 is 16.2 Å². The van der Waals surface area contributed by atoms with E-state index >= 15 is 0 Å². The van der Waals surface area contributed by atoms with Crippen LogP contribution in [0.1, 0.15) is 12.5 Å². The molecule has 0 radical (unpaired) electrons. The molecule has 1 aromatic rings. The van der Waals surface area contributed by atoms with Gasteiger partial charge in [-0.15, -0.1) is 0 Å². The molecule has 0 atom stereocenters. The first-order valence-corrected chi connectivity index (χ1v) is 6.15. The zero-order chi connectivity index (χ0) is 14.9. The molecule has 0 spiro atoms. The lowest BCUT2D eigenvalue weighted by atomic mass is 10.0. The van der Waals surface area contributed by atoms with Gasteiger partial charge in [0.2, 0.25) is 5.78 Å². The van der Waals surface area contributed by atoms with Crippen molar-refractivity contribution in [3.63, 3.8) is 0 Å². The number of anilines is 1. The van der Waals surface area contributed by atoms with Gasteiger partial charge in [-0.2, -0.15) is 0 Å². The number of nitrogens with zero attached hydrogens (tertiary/aromatic N) is 1. The van der Waals surface area contributed by atoms with E-state index in [-0.39, 0.29) is 11.5 Å². The summed E-state index contributed by atoms with van der Waals surface area (Å²) in [5, 5.41) is 0. The van der Waals surface area contributed by atoms with Crippen LogP contribution in [0.3, 0.4) is 0 Å². The summed E-state index contributed by atoms with van der Waals surface area (Å²) in [6.07, 6.45) is 3.05. The molecule has 0 amide bonds. The summed E-state index contributed by atoms with van der Waals surface area (Å²) in [4.78, 5) is 16.0. The van der Waals surface area contributed by atoms with Gasteiger partial charge in [0.1, 0.15) is 11.4 Å². The highest BCUT2D eigenvalue weighted by Gasteiger charge is 2.14. The van der Waals surface area contributed by atoms with Crippen LogP contribution in [0.15, 0.2) is 40.5 Å². The highest BCUT2D eigenvalue weighted by atomic mass is 16.5. The molecule has 20 heavy (non-hydrogen) atoms. The second-order valence-electron chi connectivity index (χ2n) is 4.67. The summed E-state index contributed by atoms with van der Waals surface area (Å²) >= 11 is 0. The van der Waals surface area contributed by atoms with E-state index in [0.29, 0.717) is 22.8 Å². The number of aliphatic imine (C=N–C) groups is 1. The quantitative estimate of drug-likeness (QED) is 0.636. The van der Waals surface area contributed by atoms with E-state index < -0.39 is 0 Å². The van der Waals surface area contributed by atoms with E-state index in [2.05, 4.69) is 4.99 Å². The molecule has 0 unspecified atom stereocenters. The van der Waals surface area contributed by atoms with E-state index in [1.807, 2.05) is 19.9 Å². The highest BCUT2D eigenvalue weighted by molar-refractivity contribution is 6.22. The maximum atomic E-state index is 11.5. The molecule has 104 valence electrons. The molecule has 5 nitrogen and oxygen atoms in total. The summed E-state index contributed by atoms with van der Waals surface area (Å²) < 4.78 is 5.28. The standard InChI is InChI=1S/C15H17N3O2/c1-8-4-13(15(20-3)7-10(8)16)18-12-6-11(17)14(19)5-9(12)2/h4-7H,16-17H2,1-3H3. The molecule has 1 aliphatic rings. The number of benzene rings is 1. The predicted octanol–water partition coefficient (Wildman–Crippen LogP) is 2.03. The lowest BCUT2D eigenvalue weighted by Crippen LogP contribution is -2.17. The summed E-state index contributed by atoms with van der Waals surface area (Å²) in [6, 6.07) is 3.57. The Morgan fingerprint density at radius 1 is 1.15 bits per heavy atom. The van der Waals surface area contributed by atoms with Crippen LogP contribution >= 0.6 is 0 Å². The van der Waals surface area contributed by atoms with Gasteiger partial charge >= 0.3 is 0 Å². The Kier molecular flexibility index (Phi) is 3.61. The molecular formula is C15H17N3O2. The number of carbonyl (C=O) groups is 1. The van der Waals surface area contributed by atoms with E-state index in [4.69, 9.17) is 16.2 Å². The molecule has 4 N–H and O–H groups in total. The molecule has 1 aromatic carbocycles. The summed E-state index contributed by atoms with van der Waals surface area (Å²) in [7, 11) is 1.56. The fourth-order valence-electron chi connectivity index (χ4n) is 1.88. The monoisotopic (exact) mass is 271 g/mol. The third-order valence-electron chi connectivity index (χ3n) is 3.14. The highest BCUT2D eigenvalue weighted by Crippen LogP contribution is 2.33. The number of methoxy groups -OCH3 is 1. The van der Waals surface area contributed by atoms with E-state index in [0.717, 1.165) is 11.1 Å². The van der Waals surface area contributed by atoms with Gasteiger partial charge in [-0.25, -0.2) is 4.99 Å². The van der Waals surface area contributed by atoms with Gasteiger partial charge in [0.05, 0.1) is 18.5 Å². The Balaban J connectivity index is 2.53. The van der Waals surface area contributed by atoms with Crippen LogP contribution in [0.5, 0.6) is 5.75 Å². The topological polar surface area (TPSA) is 90.7 Å². The Labute approximate surface area is 117 Å². The Bertz CT molecular complexity index is 670. The number of aryl methyl sites for hydroxylation is 1. The smallest absolute Gasteiger partial charge is 0.201 e. The average molecular weight is 271 g/mol. The maximum Gasteiger partial charge on any atom is 0.201 e. The van der Waals surface area contributed by atoms with Crippen LogP contribution in [-0.4, -0.2) is 18.6 Å². The van der Waals surface area contributed by atoms with Crippen LogP contribution in [-0.2, 0) is 4.79 Å². The molecule has 5 heteroatoms. The third kappa shape index (κ3) is 2.56. The van der Waals surface area contributed by atoms with Gasteiger partial charge in [0.25, 0.3) is 0 Å². The summed E-state index contributed by atoms with van der Waals surface area (Å²) in [5.41, 5.74) is 15.3. The van der Waals surface area contributed by atoms with E-state index in [1.54, 1.807) is 19.3 Å². The fourth-order valence-corrected chi connectivity index (χ4v) is 1.88. The van der Waals surface area contributed by atoms with Crippen molar-refractivity contribution in [2.24, 2.45) is 10.7 Å². The number of allylic oxidation sites excluding steroid dienone is 3. The minimum absolute atomic E-state index is 0.181. The maximum absolute atomic E-state index is 11.5. The largest absolute Gasteiger partial charge is 0.494 e. The number of nitrogen functional groups attached to an aromatic ring is 1. The van der Waals surface area contributed by atoms with Crippen LogP contribution < -0.4 is 16.2 Å². The Morgan fingerprint density at radius 2 is 1.85 bits per heavy atom. The molecular weight excluding hydrogens is 254 g/mol. The second-order valence-corrected chi connectivity index (χ2v) is 4.67. The number of nitrogens with two attached hydrogens (primary N) is 2. The number of carbonyl (C=O) groups excluding carboxylic acids is 1. The lowest BCUT2D eigenvalue weighted by Gasteiger charge is -2.12. The zero-order valence-electron chi connectivity index (χ0n) is 11.7. The van der Waals surface area contributed by atoms with Gasteiger partial charge in [0.15, 0.2) is 0 Å². The van der Waals surface area contributed by atoms with Crippen molar-refractivity contribution in [1.82, 2.24) is 0 Å². The SMILES string of the molecule is COc1cc(N)c(C)cc1N=C1C=C(N)C(=O)C=C1C. The minimum atomic E-state index is -0.193. The Morgan fingerprint density at radius 3 is 2.50 bits per heavy atom. The van der Waals surface area contributed by atoms with Crippen molar-refractivity contribution in [2.45, 2.75) is 13.8 Å². The van der Waals surface area contributed by atoms with Crippen molar-refractivity contribution in [1.29, 1.82) is 0 Å². The molecule has 0 aliphatic heterocycles. The first-order chi connectivity index (χ1) is 9.42. The van der Waals surface area contributed by atoms with E-state index in [1.165, 1.54) is 6.08 Å². The van der Waals surface area contributed by atoms with Crippen molar-refractivity contribution >= 4 is 22.9 Å². The number of ketones is 1. The minimum Gasteiger partial charge on any atom is -0.494 e. The van der Waals surface area contributed by atoms with Crippen LogP contribution in [0.2, 0.25) is 0 Å². The second kappa shape index (κ2) is 5.21. The first kappa shape index (κ1) is 13.9. The van der Waals surface area contributed by atoms with Crippen LogP contribution in [0.25, 0.3) is 0 Å². The van der Waals surface area contributed by atoms with Gasteiger partial charge in [-0.1, -0.05) is 0 Å². The van der Waals surface area contributed by atoms with Crippen molar-refractivity contribution < 1.29 is 9.53 Å². The molecule has 1 aliphatic carbocycles. The first-order valence-electron chi connectivity index (χ1n) is 6.15. The Hall–Kier alpha value is -2.56. The van der Waals surface area contributed by atoms with Crippen molar-refractivity contribution in [3.8, 4) is 5.75 Å². The molecule has 0 aromatic heterocycles. The van der Waals surface area contributed by atoms with Crippen LogP contribution in [0, 0.1) is 6.92 Å². The predicted molar refractivity (Wildman–Crippen MR) is 80.3 cm³/mol. The molecule has 0 heterocycles. The van der Waals surface area contributed by atoms with Gasteiger partial charge in [-0.3, -0.25) is 4.79 Å². The number of rotatable bonds is 2.